The Bertz CT molecular complexity index is 151. The Morgan fingerprint density at radius 2 is 2.00 bits per heavy atom. The summed E-state index contributed by atoms with van der Waals surface area (Å²) in [5.41, 5.74) is 0.221. The van der Waals surface area contributed by atoms with Crippen LogP contribution in [0.25, 0.3) is 0 Å². The van der Waals surface area contributed by atoms with Crippen molar-refractivity contribution >= 4 is 5.78 Å². The third-order valence-corrected chi connectivity index (χ3v) is 2.21. The maximum Gasteiger partial charge on any atom is 0.155 e. The summed E-state index contributed by atoms with van der Waals surface area (Å²) in [5.74, 6) is 0.570. The van der Waals surface area contributed by atoms with Crippen LogP contribution in [0.2, 0.25) is 0 Å². The summed E-state index contributed by atoms with van der Waals surface area (Å²) >= 11 is 0. The summed E-state index contributed by atoms with van der Waals surface area (Å²) in [4.78, 5) is 11.0. The van der Waals surface area contributed by atoms with Crippen molar-refractivity contribution in [3.05, 3.63) is 12.7 Å². The van der Waals surface area contributed by atoms with E-state index in [0.29, 0.717) is 12.3 Å². The quantitative estimate of drug-likeness (QED) is 0.571. The number of ketones is 1. The van der Waals surface area contributed by atoms with E-state index in [2.05, 4.69) is 34.3 Å². The first-order valence-corrected chi connectivity index (χ1v) is 4.03. The normalized spacial score (nSPS) is 14.2. The lowest BCUT2D eigenvalue weighted by molar-refractivity contribution is -0.116. The van der Waals surface area contributed by atoms with Gasteiger partial charge in [0.2, 0.25) is 0 Å². The third kappa shape index (κ3) is 3.97. The van der Waals surface area contributed by atoms with E-state index >= 15 is 0 Å². The molecule has 0 amide bonds. The molecule has 0 bridgehead atoms. The first kappa shape index (κ1) is 10.4. The van der Waals surface area contributed by atoms with Crippen molar-refractivity contribution in [2.75, 3.05) is 0 Å². The molecule has 0 saturated heterocycles. The Hall–Kier alpha value is -0.590. The van der Waals surface area contributed by atoms with E-state index in [1.807, 2.05) is 0 Å². The number of carbonyl (C=O) groups is 1. The number of allylic oxidation sites excluding steroid dienone is 1. The number of rotatable bonds is 3. The fraction of sp³-hybridized carbons (Fsp3) is 0.700. The van der Waals surface area contributed by atoms with Gasteiger partial charge in [0.15, 0.2) is 5.78 Å². The molecule has 0 spiro atoms. The average Bonchev–Trinajstić information content (AvgIpc) is 1.85. The lowest BCUT2D eigenvalue weighted by Crippen LogP contribution is -2.19. The molecule has 0 aliphatic heterocycles. The molecule has 0 N–H and O–H groups in total. The van der Waals surface area contributed by atoms with Gasteiger partial charge in [-0.3, -0.25) is 4.79 Å². The second-order valence-corrected chi connectivity index (χ2v) is 4.14. The van der Waals surface area contributed by atoms with Crippen LogP contribution in [-0.4, -0.2) is 5.78 Å². The van der Waals surface area contributed by atoms with Crippen LogP contribution in [0.4, 0.5) is 0 Å². The van der Waals surface area contributed by atoms with Crippen molar-refractivity contribution in [3.8, 4) is 0 Å². The van der Waals surface area contributed by atoms with Gasteiger partial charge in [-0.1, -0.05) is 34.3 Å². The van der Waals surface area contributed by atoms with Gasteiger partial charge in [-0.25, -0.2) is 0 Å². The standard InChI is InChI=1S/C10H18O/c1-6-9(11)7-8(2)10(3,4)5/h6,8H,1,7H2,2-5H3. The van der Waals surface area contributed by atoms with Gasteiger partial charge in [0.25, 0.3) is 0 Å². The zero-order valence-electron chi connectivity index (χ0n) is 7.98. The molecule has 11 heavy (non-hydrogen) atoms. The largest absolute Gasteiger partial charge is 0.295 e. The van der Waals surface area contributed by atoms with Gasteiger partial charge in [0, 0.05) is 6.42 Å². The van der Waals surface area contributed by atoms with Crippen LogP contribution in [0.5, 0.6) is 0 Å². The van der Waals surface area contributed by atoms with Crippen LogP contribution in [0.15, 0.2) is 12.7 Å². The van der Waals surface area contributed by atoms with Crippen LogP contribution in [0.3, 0.4) is 0 Å². The maximum atomic E-state index is 11.0. The Kier molecular flexibility index (Phi) is 3.50. The zero-order chi connectivity index (χ0) is 9.07. The molecule has 0 aromatic heterocycles. The Morgan fingerprint density at radius 1 is 1.55 bits per heavy atom. The maximum absolute atomic E-state index is 11.0. The number of carbonyl (C=O) groups excluding carboxylic acids is 1. The molecule has 1 unspecified atom stereocenters. The molecule has 0 radical (unpaired) electrons. The van der Waals surface area contributed by atoms with Gasteiger partial charge in [-0.2, -0.15) is 0 Å². The van der Waals surface area contributed by atoms with E-state index in [1.54, 1.807) is 0 Å². The summed E-state index contributed by atoms with van der Waals surface area (Å²) in [5, 5.41) is 0. The van der Waals surface area contributed by atoms with E-state index in [4.69, 9.17) is 0 Å². The molecule has 0 aliphatic carbocycles. The SMILES string of the molecule is C=CC(=O)CC(C)C(C)(C)C. The van der Waals surface area contributed by atoms with E-state index in [1.165, 1.54) is 6.08 Å². The minimum Gasteiger partial charge on any atom is -0.295 e. The third-order valence-electron chi connectivity index (χ3n) is 2.21. The Balaban J connectivity index is 3.97. The van der Waals surface area contributed by atoms with Crippen molar-refractivity contribution in [1.29, 1.82) is 0 Å². The minimum atomic E-state index is 0.146. The summed E-state index contributed by atoms with van der Waals surface area (Å²) in [7, 11) is 0. The van der Waals surface area contributed by atoms with Gasteiger partial charge in [0.1, 0.15) is 0 Å². The summed E-state index contributed by atoms with van der Waals surface area (Å²) < 4.78 is 0. The summed E-state index contributed by atoms with van der Waals surface area (Å²) in [6.45, 7) is 12.0. The highest BCUT2D eigenvalue weighted by molar-refractivity contribution is 5.89. The predicted molar refractivity (Wildman–Crippen MR) is 48.4 cm³/mol. The van der Waals surface area contributed by atoms with Crippen molar-refractivity contribution in [2.45, 2.75) is 34.1 Å². The molecule has 0 aromatic carbocycles. The Labute approximate surface area is 69.5 Å². The molecule has 1 nitrogen and oxygen atoms in total. The molecule has 0 heterocycles. The molecule has 0 saturated carbocycles. The second kappa shape index (κ2) is 3.70. The van der Waals surface area contributed by atoms with Crippen LogP contribution >= 0.6 is 0 Å². The lowest BCUT2D eigenvalue weighted by atomic mass is 9.79. The van der Waals surface area contributed by atoms with Gasteiger partial charge in [-0.15, -0.1) is 0 Å². The van der Waals surface area contributed by atoms with Crippen LogP contribution in [0, 0.1) is 11.3 Å². The van der Waals surface area contributed by atoms with E-state index in [0.717, 1.165) is 0 Å². The van der Waals surface area contributed by atoms with Crippen LogP contribution in [-0.2, 0) is 4.79 Å². The molecule has 0 rings (SSSR count). The van der Waals surface area contributed by atoms with E-state index in [9.17, 15) is 4.79 Å². The predicted octanol–water partition coefficient (Wildman–Crippen LogP) is 2.81. The molecule has 0 fully saturated rings. The average molecular weight is 154 g/mol. The first-order valence-electron chi connectivity index (χ1n) is 4.03. The molecule has 0 aromatic rings. The topological polar surface area (TPSA) is 17.1 Å². The van der Waals surface area contributed by atoms with E-state index in [-0.39, 0.29) is 11.2 Å². The zero-order valence-corrected chi connectivity index (χ0v) is 7.98. The van der Waals surface area contributed by atoms with Crippen molar-refractivity contribution in [2.24, 2.45) is 11.3 Å². The summed E-state index contributed by atoms with van der Waals surface area (Å²) in [6.07, 6.45) is 2.02. The summed E-state index contributed by atoms with van der Waals surface area (Å²) in [6, 6.07) is 0. The first-order chi connectivity index (χ1) is 4.88. The van der Waals surface area contributed by atoms with Gasteiger partial charge in [-0.05, 0) is 17.4 Å². The van der Waals surface area contributed by atoms with Crippen molar-refractivity contribution < 1.29 is 4.79 Å². The highest BCUT2D eigenvalue weighted by Gasteiger charge is 2.21. The number of hydrogen-bond acceptors (Lipinski definition) is 1. The molecule has 1 heteroatoms. The molecule has 1 atom stereocenters. The second-order valence-electron chi connectivity index (χ2n) is 4.14. The van der Waals surface area contributed by atoms with Gasteiger partial charge in [0.05, 0.1) is 0 Å². The smallest absolute Gasteiger partial charge is 0.155 e. The monoisotopic (exact) mass is 154 g/mol. The van der Waals surface area contributed by atoms with E-state index < -0.39 is 0 Å². The lowest BCUT2D eigenvalue weighted by Gasteiger charge is -2.26. The van der Waals surface area contributed by atoms with Crippen LogP contribution in [0.1, 0.15) is 34.1 Å². The van der Waals surface area contributed by atoms with Crippen molar-refractivity contribution in [3.63, 3.8) is 0 Å². The highest BCUT2D eigenvalue weighted by atomic mass is 16.1. The number of hydrogen-bond donors (Lipinski definition) is 0. The molecular weight excluding hydrogens is 136 g/mol. The fourth-order valence-corrected chi connectivity index (χ4v) is 0.691. The van der Waals surface area contributed by atoms with Gasteiger partial charge < -0.3 is 0 Å². The molecule has 64 valence electrons. The van der Waals surface area contributed by atoms with Gasteiger partial charge >= 0.3 is 0 Å². The molecular formula is C10H18O. The minimum absolute atomic E-state index is 0.146. The van der Waals surface area contributed by atoms with Crippen LogP contribution < -0.4 is 0 Å². The highest BCUT2D eigenvalue weighted by Crippen LogP contribution is 2.27. The van der Waals surface area contributed by atoms with Crippen molar-refractivity contribution in [1.82, 2.24) is 0 Å². The Morgan fingerprint density at radius 3 is 2.27 bits per heavy atom. The fourth-order valence-electron chi connectivity index (χ4n) is 0.691. The molecule has 0 aliphatic rings.